The van der Waals surface area contributed by atoms with Crippen LogP contribution in [0.4, 0.5) is 5.69 Å². The Balaban J connectivity index is 1.89. The minimum Gasteiger partial charge on any atom is -0.378 e. The van der Waals surface area contributed by atoms with Crippen LogP contribution in [0.3, 0.4) is 0 Å². The predicted molar refractivity (Wildman–Crippen MR) is 109 cm³/mol. The highest BCUT2D eigenvalue weighted by molar-refractivity contribution is 7.15. The van der Waals surface area contributed by atoms with Gasteiger partial charge in [-0.15, -0.1) is 11.3 Å². The summed E-state index contributed by atoms with van der Waals surface area (Å²) in [6.07, 6.45) is 0.811. The van der Waals surface area contributed by atoms with E-state index in [1.165, 1.54) is 11.3 Å². The summed E-state index contributed by atoms with van der Waals surface area (Å²) < 4.78 is 0. The van der Waals surface area contributed by atoms with Crippen molar-refractivity contribution >= 4 is 22.9 Å². The number of thiazole rings is 1. The molecule has 0 saturated carbocycles. The molecule has 1 aromatic heterocycles. The molecule has 3 aromatic rings. The number of carbonyl (C=O) groups excluding carboxylic acids is 1. The van der Waals surface area contributed by atoms with Crippen LogP contribution in [0.1, 0.15) is 32.2 Å². The zero-order valence-electron chi connectivity index (χ0n) is 15.5. The number of nitrogens with two attached hydrogens (primary N) is 1. The molecule has 0 aliphatic carbocycles. The van der Waals surface area contributed by atoms with Gasteiger partial charge in [0.2, 0.25) is 5.91 Å². The van der Waals surface area contributed by atoms with E-state index in [0.717, 1.165) is 33.1 Å². The van der Waals surface area contributed by atoms with Gasteiger partial charge in [0.1, 0.15) is 0 Å². The fourth-order valence-electron chi connectivity index (χ4n) is 3.00. The predicted octanol–water partition coefficient (Wildman–Crippen LogP) is 4.18. The lowest BCUT2D eigenvalue weighted by molar-refractivity contribution is 0.0999. The summed E-state index contributed by atoms with van der Waals surface area (Å²) in [5, 5.41) is 1.09. The summed E-state index contributed by atoms with van der Waals surface area (Å²) in [4.78, 5) is 19.4. The van der Waals surface area contributed by atoms with Gasteiger partial charge in [-0.05, 0) is 54.8 Å². The first kappa shape index (κ1) is 18.1. The van der Waals surface area contributed by atoms with Crippen molar-refractivity contribution in [1.29, 1.82) is 0 Å². The average Bonchev–Trinajstić information content (AvgIpc) is 2.95. The van der Waals surface area contributed by atoms with E-state index in [1.807, 2.05) is 40.1 Å². The second kappa shape index (κ2) is 7.30. The standard InChI is InChI=1S/C21H23N3OS/c1-13-10-16(8-9-18(13)21(22)25)20-14(2)23-19(26-20)12-15-6-5-7-17(11-15)24(3)4/h5-11H,12H2,1-4H3,(H2,22,25). The topological polar surface area (TPSA) is 59.2 Å². The van der Waals surface area contributed by atoms with Crippen LogP contribution in [0.15, 0.2) is 42.5 Å². The third kappa shape index (κ3) is 3.78. The van der Waals surface area contributed by atoms with Crippen LogP contribution in [-0.4, -0.2) is 25.0 Å². The van der Waals surface area contributed by atoms with E-state index in [4.69, 9.17) is 10.7 Å². The highest BCUT2D eigenvalue weighted by atomic mass is 32.1. The molecule has 134 valence electrons. The van der Waals surface area contributed by atoms with Gasteiger partial charge < -0.3 is 10.6 Å². The summed E-state index contributed by atoms with van der Waals surface area (Å²) >= 11 is 1.70. The van der Waals surface area contributed by atoms with Crippen molar-refractivity contribution in [3.05, 3.63) is 69.9 Å². The zero-order valence-corrected chi connectivity index (χ0v) is 16.4. The molecule has 0 spiro atoms. The molecule has 1 heterocycles. The Morgan fingerprint density at radius 2 is 1.92 bits per heavy atom. The van der Waals surface area contributed by atoms with Crippen molar-refractivity contribution in [3.63, 3.8) is 0 Å². The Morgan fingerprint density at radius 3 is 2.58 bits per heavy atom. The SMILES string of the molecule is Cc1cc(-c2sc(Cc3cccc(N(C)C)c3)nc2C)ccc1C(N)=O. The van der Waals surface area contributed by atoms with Crippen molar-refractivity contribution in [3.8, 4) is 10.4 Å². The number of anilines is 1. The van der Waals surface area contributed by atoms with Crippen molar-refractivity contribution in [1.82, 2.24) is 4.98 Å². The van der Waals surface area contributed by atoms with Crippen LogP contribution in [0.25, 0.3) is 10.4 Å². The van der Waals surface area contributed by atoms with E-state index in [1.54, 1.807) is 17.4 Å². The van der Waals surface area contributed by atoms with Crippen LogP contribution >= 0.6 is 11.3 Å². The molecule has 3 rings (SSSR count). The van der Waals surface area contributed by atoms with E-state index < -0.39 is 5.91 Å². The van der Waals surface area contributed by atoms with Crippen LogP contribution < -0.4 is 10.6 Å². The van der Waals surface area contributed by atoms with E-state index >= 15 is 0 Å². The monoisotopic (exact) mass is 365 g/mol. The highest BCUT2D eigenvalue weighted by Gasteiger charge is 2.13. The summed E-state index contributed by atoms with van der Waals surface area (Å²) in [5.74, 6) is -0.392. The highest BCUT2D eigenvalue weighted by Crippen LogP contribution is 2.32. The molecule has 5 heteroatoms. The molecule has 0 atom stereocenters. The lowest BCUT2D eigenvalue weighted by Crippen LogP contribution is -2.12. The third-order valence-corrected chi connectivity index (χ3v) is 5.58. The molecule has 0 bridgehead atoms. The first-order valence-electron chi connectivity index (χ1n) is 8.48. The second-order valence-corrected chi connectivity index (χ2v) is 7.74. The number of carbonyl (C=O) groups is 1. The molecule has 4 nitrogen and oxygen atoms in total. The number of hydrogen-bond acceptors (Lipinski definition) is 4. The minimum atomic E-state index is -0.392. The lowest BCUT2D eigenvalue weighted by atomic mass is 10.0. The van der Waals surface area contributed by atoms with Gasteiger partial charge in [-0.1, -0.05) is 18.2 Å². The lowest BCUT2D eigenvalue weighted by Gasteiger charge is -2.13. The number of aromatic nitrogens is 1. The zero-order chi connectivity index (χ0) is 18.8. The van der Waals surface area contributed by atoms with Gasteiger partial charge in [0.15, 0.2) is 0 Å². The van der Waals surface area contributed by atoms with Gasteiger partial charge in [0.25, 0.3) is 0 Å². The largest absolute Gasteiger partial charge is 0.378 e. The normalized spacial score (nSPS) is 10.8. The summed E-state index contributed by atoms with van der Waals surface area (Å²) in [7, 11) is 4.09. The fourth-order valence-corrected chi connectivity index (χ4v) is 4.09. The maximum atomic E-state index is 11.4. The van der Waals surface area contributed by atoms with Gasteiger partial charge in [-0.3, -0.25) is 4.79 Å². The third-order valence-electron chi connectivity index (χ3n) is 4.38. The van der Waals surface area contributed by atoms with Crippen LogP contribution in [-0.2, 0) is 6.42 Å². The first-order valence-corrected chi connectivity index (χ1v) is 9.30. The number of aryl methyl sites for hydroxylation is 2. The number of amides is 1. The van der Waals surface area contributed by atoms with Gasteiger partial charge >= 0.3 is 0 Å². The van der Waals surface area contributed by atoms with Gasteiger partial charge in [-0.2, -0.15) is 0 Å². The van der Waals surface area contributed by atoms with Crippen molar-refractivity contribution in [2.45, 2.75) is 20.3 Å². The van der Waals surface area contributed by atoms with E-state index in [2.05, 4.69) is 29.2 Å². The van der Waals surface area contributed by atoms with Crippen molar-refractivity contribution < 1.29 is 4.79 Å². The molecular weight excluding hydrogens is 342 g/mol. The molecule has 0 aliphatic heterocycles. The van der Waals surface area contributed by atoms with Crippen molar-refractivity contribution in [2.24, 2.45) is 5.73 Å². The molecule has 0 saturated heterocycles. The van der Waals surface area contributed by atoms with Gasteiger partial charge in [-0.25, -0.2) is 4.98 Å². The maximum Gasteiger partial charge on any atom is 0.248 e. The summed E-state index contributed by atoms with van der Waals surface area (Å²) in [6, 6.07) is 14.3. The first-order chi connectivity index (χ1) is 12.3. The average molecular weight is 366 g/mol. The van der Waals surface area contributed by atoms with E-state index in [9.17, 15) is 4.79 Å². The molecule has 0 aliphatic rings. The fraction of sp³-hybridized carbons (Fsp3) is 0.238. The molecule has 0 fully saturated rings. The minimum absolute atomic E-state index is 0.392. The smallest absolute Gasteiger partial charge is 0.248 e. The van der Waals surface area contributed by atoms with Crippen LogP contribution in [0, 0.1) is 13.8 Å². The summed E-state index contributed by atoms with van der Waals surface area (Å²) in [6.45, 7) is 3.94. The molecule has 0 radical (unpaired) electrons. The number of benzene rings is 2. The Kier molecular flexibility index (Phi) is 5.09. The van der Waals surface area contributed by atoms with Crippen LogP contribution in [0.5, 0.6) is 0 Å². The summed E-state index contributed by atoms with van der Waals surface area (Å²) in [5.41, 5.74) is 11.4. The Bertz CT molecular complexity index is 960. The molecule has 2 aromatic carbocycles. The Labute approximate surface area is 158 Å². The van der Waals surface area contributed by atoms with E-state index in [0.29, 0.717) is 5.56 Å². The van der Waals surface area contributed by atoms with Crippen LogP contribution in [0.2, 0.25) is 0 Å². The number of nitrogens with zero attached hydrogens (tertiary/aromatic N) is 2. The molecular formula is C21H23N3OS. The second-order valence-electron chi connectivity index (χ2n) is 6.66. The maximum absolute atomic E-state index is 11.4. The number of hydrogen-bond donors (Lipinski definition) is 1. The van der Waals surface area contributed by atoms with Gasteiger partial charge in [0, 0.05) is 31.8 Å². The molecule has 0 unspecified atom stereocenters. The van der Waals surface area contributed by atoms with Gasteiger partial charge in [0.05, 0.1) is 15.6 Å². The number of primary amides is 1. The Hall–Kier alpha value is -2.66. The van der Waals surface area contributed by atoms with E-state index in [-0.39, 0.29) is 0 Å². The molecule has 2 N–H and O–H groups in total. The quantitative estimate of drug-likeness (QED) is 0.738. The number of rotatable bonds is 5. The van der Waals surface area contributed by atoms with Crippen molar-refractivity contribution in [2.75, 3.05) is 19.0 Å². The molecule has 1 amide bonds. The Morgan fingerprint density at radius 1 is 1.15 bits per heavy atom. The molecule has 26 heavy (non-hydrogen) atoms.